The minimum atomic E-state index is -0.241. The second-order valence-corrected chi connectivity index (χ2v) is 6.81. The van der Waals surface area contributed by atoms with Crippen molar-refractivity contribution in [3.8, 4) is 28.3 Å². The zero-order valence-electron chi connectivity index (χ0n) is 17.3. The van der Waals surface area contributed by atoms with Gasteiger partial charge in [0.05, 0.1) is 37.1 Å². The molecule has 2 aromatic carbocycles. The van der Waals surface area contributed by atoms with E-state index in [0.717, 1.165) is 27.8 Å². The van der Waals surface area contributed by atoms with Gasteiger partial charge in [0.15, 0.2) is 0 Å². The van der Waals surface area contributed by atoms with Crippen LogP contribution in [0.25, 0.3) is 27.8 Å². The van der Waals surface area contributed by atoms with Crippen LogP contribution in [0, 0.1) is 0 Å². The van der Waals surface area contributed by atoms with E-state index in [1.54, 1.807) is 11.0 Å². The van der Waals surface area contributed by atoms with Gasteiger partial charge >= 0.3 is 0 Å². The lowest BCUT2D eigenvalue weighted by Gasteiger charge is -2.15. The minimum Gasteiger partial charge on any atom is -0.496 e. The Bertz CT molecular complexity index is 1200. The molecule has 1 amide bonds. The third-order valence-corrected chi connectivity index (χ3v) is 4.92. The summed E-state index contributed by atoms with van der Waals surface area (Å²) in [5, 5.41) is 7.02. The molecule has 0 aliphatic rings. The molecular formula is C22H23N5O3. The average Bonchev–Trinajstić information content (AvgIpc) is 3.38. The van der Waals surface area contributed by atoms with Crippen molar-refractivity contribution >= 4 is 16.9 Å². The summed E-state index contributed by atoms with van der Waals surface area (Å²) in [6.07, 6.45) is 5.54. The minimum absolute atomic E-state index is 0.241. The van der Waals surface area contributed by atoms with E-state index in [9.17, 15) is 4.79 Å². The molecule has 2 heterocycles. The number of amides is 1. The van der Waals surface area contributed by atoms with Crippen molar-refractivity contribution in [1.82, 2.24) is 24.6 Å². The van der Waals surface area contributed by atoms with Gasteiger partial charge in [-0.25, -0.2) is 4.98 Å². The molecule has 0 saturated heterocycles. The summed E-state index contributed by atoms with van der Waals surface area (Å²) in [7, 11) is 4.96. The van der Waals surface area contributed by atoms with Crippen molar-refractivity contribution in [3.63, 3.8) is 0 Å². The van der Waals surface area contributed by atoms with Gasteiger partial charge in [0.1, 0.15) is 23.4 Å². The third kappa shape index (κ3) is 3.36. The summed E-state index contributed by atoms with van der Waals surface area (Å²) >= 11 is 0. The summed E-state index contributed by atoms with van der Waals surface area (Å²) in [6.45, 7) is 2.38. The Balaban J connectivity index is 1.81. The van der Waals surface area contributed by atoms with E-state index in [2.05, 4.69) is 15.4 Å². The smallest absolute Gasteiger partial charge is 0.258 e. The normalized spacial score (nSPS) is 10.9. The Kier molecular flexibility index (Phi) is 5.14. The Morgan fingerprint density at radius 2 is 1.83 bits per heavy atom. The van der Waals surface area contributed by atoms with E-state index in [0.29, 0.717) is 23.6 Å². The zero-order chi connectivity index (χ0) is 21.3. The van der Waals surface area contributed by atoms with Crippen molar-refractivity contribution < 1.29 is 14.3 Å². The number of methoxy groups -OCH3 is 2. The molecule has 1 N–H and O–H groups in total. The molecule has 0 saturated carbocycles. The topological polar surface area (TPSA) is 83.2 Å². The molecule has 0 aliphatic carbocycles. The highest BCUT2D eigenvalue weighted by molar-refractivity contribution is 6.00. The fourth-order valence-corrected chi connectivity index (χ4v) is 3.48. The van der Waals surface area contributed by atoms with Gasteiger partial charge in [0, 0.05) is 37.5 Å². The first-order valence-corrected chi connectivity index (χ1v) is 9.56. The maximum atomic E-state index is 12.5. The quantitative estimate of drug-likeness (QED) is 0.533. The number of carbonyl (C=O) groups is 1. The third-order valence-electron chi connectivity index (χ3n) is 4.92. The summed E-state index contributed by atoms with van der Waals surface area (Å²) in [5.41, 5.74) is 5.01. The predicted molar refractivity (Wildman–Crippen MR) is 114 cm³/mol. The van der Waals surface area contributed by atoms with Gasteiger partial charge in [0.2, 0.25) is 0 Å². The summed E-state index contributed by atoms with van der Waals surface area (Å²) < 4.78 is 14.7. The fourth-order valence-electron chi connectivity index (χ4n) is 3.48. The number of hydrogen-bond acceptors (Lipinski definition) is 5. The standard InChI is InChI=1S/C22H23N5O3/c1-5-23-22(28)21-19(29-3)9-16(10-20(21)30-4)27-13-24-17-8-14(6-7-18(17)27)15-11-25-26(2)12-15/h6-13H,5H2,1-4H3,(H,23,28). The van der Waals surface area contributed by atoms with Gasteiger partial charge in [-0.3, -0.25) is 14.0 Å². The Hall–Kier alpha value is -3.81. The van der Waals surface area contributed by atoms with Crippen LogP contribution in [0.15, 0.2) is 49.1 Å². The van der Waals surface area contributed by atoms with Crippen LogP contribution in [0.1, 0.15) is 17.3 Å². The lowest BCUT2D eigenvalue weighted by molar-refractivity contribution is 0.0949. The van der Waals surface area contributed by atoms with Crippen molar-refractivity contribution in [1.29, 1.82) is 0 Å². The first-order valence-electron chi connectivity index (χ1n) is 9.56. The van der Waals surface area contributed by atoms with Crippen molar-refractivity contribution in [3.05, 3.63) is 54.6 Å². The van der Waals surface area contributed by atoms with Crippen LogP contribution in [-0.4, -0.2) is 46.0 Å². The fraction of sp³-hybridized carbons (Fsp3) is 0.227. The maximum Gasteiger partial charge on any atom is 0.258 e. The molecule has 0 atom stereocenters. The lowest BCUT2D eigenvalue weighted by Crippen LogP contribution is -2.24. The molecule has 0 bridgehead atoms. The van der Waals surface area contributed by atoms with E-state index in [1.807, 2.05) is 61.3 Å². The van der Waals surface area contributed by atoms with Crippen LogP contribution in [-0.2, 0) is 7.05 Å². The van der Waals surface area contributed by atoms with Gasteiger partial charge < -0.3 is 14.8 Å². The van der Waals surface area contributed by atoms with Crippen LogP contribution in [0.2, 0.25) is 0 Å². The molecule has 8 nitrogen and oxygen atoms in total. The van der Waals surface area contributed by atoms with Crippen LogP contribution >= 0.6 is 0 Å². The number of nitrogens with one attached hydrogen (secondary N) is 1. The average molecular weight is 405 g/mol. The Morgan fingerprint density at radius 3 is 2.43 bits per heavy atom. The van der Waals surface area contributed by atoms with Crippen molar-refractivity contribution in [2.24, 2.45) is 7.05 Å². The molecule has 0 unspecified atom stereocenters. The lowest BCUT2D eigenvalue weighted by atomic mass is 10.1. The Morgan fingerprint density at radius 1 is 1.10 bits per heavy atom. The van der Waals surface area contributed by atoms with E-state index in [-0.39, 0.29) is 5.91 Å². The highest BCUT2D eigenvalue weighted by Crippen LogP contribution is 2.34. The van der Waals surface area contributed by atoms with Crippen molar-refractivity contribution in [2.75, 3.05) is 20.8 Å². The van der Waals surface area contributed by atoms with Crippen LogP contribution in [0.3, 0.4) is 0 Å². The number of nitrogens with zero attached hydrogens (tertiary/aromatic N) is 4. The number of rotatable bonds is 6. The molecule has 0 radical (unpaired) electrons. The molecule has 4 rings (SSSR count). The van der Waals surface area contributed by atoms with Gasteiger partial charge in [0.25, 0.3) is 5.91 Å². The molecular weight excluding hydrogens is 382 g/mol. The summed E-state index contributed by atoms with van der Waals surface area (Å²) in [5.74, 6) is 0.627. The number of carbonyl (C=O) groups excluding carboxylic acids is 1. The van der Waals surface area contributed by atoms with Gasteiger partial charge in [-0.15, -0.1) is 0 Å². The largest absolute Gasteiger partial charge is 0.496 e. The molecule has 8 heteroatoms. The SMILES string of the molecule is CCNC(=O)c1c(OC)cc(-n2cnc3cc(-c4cnn(C)c4)ccc32)cc1OC. The molecule has 0 spiro atoms. The molecule has 2 aromatic heterocycles. The van der Waals surface area contributed by atoms with Crippen molar-refractivity contribution in [2.45, 2.75) is 6.92 Å². The van der Waals surface area contributed by atoms with E-state index >= 15 is 0 Å². The van der Waals surface area contributed by atoms with E-state index < -0.39 is 0 Å². The molecule has 4 aromatic rings. The summed E-state index contributed by atoms with van der Waals surface area (Å²) in [6, 6.07) is 9.70. The highest BCUT2D eigenvalue weighted by atomic mass is 16.5. The monoisotopic (exact) mass is 405 g/mol. The number of imidazole rings is 1. The maximum absolute atomic E-state index is 12.5. The molecule has 0 fully saturated rings. The number of hydrogen-bond donors (Lipinski definition) is 1. The van der Waals surface area contributed by atoms with Gasteiger partial charge in [-0.05, 0) is 24.6 Å². The van der Waals surface area contributed by atoms with Crippen LogP contribution < -0.4 is 14.8 Å². The molecule has 0 aliphatic heterocycles. The number of ether oxygens (including phenoxy) is 2. The Labute approximate surface area is 174 Å². The molecule has 30 heavy (non-hydrogen) atoms. The predicted octanol–water partition coefficient (Wildman–Crippen LogP) is 3.19. The van der Waals surface area contributed by atoms with Gasteiger partial charge in [-0.1, -0.05) is 6.07 Å². The number of aromatic nitrogens is 4. The van der Waals surface area contributed by atoms with E-state index in [4.69, 9.17) is 9.47 Å². The first kappa shape index (κ1) is 19.5. The second kappa shape index (κ2) is 7.90. The molecule has 154 valence electrons. The highest BCUT2D eigenvalue weighted by Gasteiger charge is 2.20. The number of fused-ring (bicyclic) bond motifs is 1. The number of benzene rings is 2. The summed E-state index contributed by atoms with van der Waals surface area (Å²) in [4.78, 5) is 17.1. The second-order valence-electron chi connectivity index (χ2n) is 6.81. The van der Waals surface area contributed by atoms with E-state index in [1.165, 1.54) is 14.2 Å². The number of aryl methyl sites for hydroxylation is 1. The zero-order valence-corrected chi connectivity index (χ0v) is 17.3. The van der Waals surface area contributed by atoms with Crippen LogP contribution in [0.4, 0.5) is 0 Å². The van der Waals surface area contributed by atoms with Crippen LogP contribution in [0.5, 0.6) is 11.5 Å². The van der Waals surface area contributed by atoms with Gasteiger partial charge in [-0.2, -0.15) is 5.10 Å². The first-order chi connectivity index (χ1) is 14.5.